The molecule has 0 amide bonds. The van der Waals surface area contributed by atoms with Gasteiger partial charge in [0.2, 0.25) is 0 Å². The Bertz CT molecular complexity index is 503. The van der Waals surface area contributed by atoms with Crippen LogP contribution in [0.15, 0.2) is 30.6 Å². The van der Waals surface area contributed by atoms with Gasteiger partial charge < -0.3 is 0 Å². The van der Waals surface area contributed by atoms with Crippen molar-refractivity contribution in [3.8, 4) is 0 Å². The molecule has 2 rings (SSSR count). The summed E-state index contributed by atoms with van der Waals surface area (Å²) in [5, 5.41) is 2.01. The third-order valence-electron chi connectivity index (χ3n) is 2.28. The molecule has 2 heteroatoms. The number of hydrogen-bond acceptors (Lipinski definition) is 2. The number of pyridine rings is 1. The van der Waals surface area contributed by atoms with Crippen LogP contribution in [-0.4, -0.2) is 10.8 Å². The predicted octanol–water partition coefficient (Wildman–Crippen LogP) is 2.75. The van der Waals surface area contributed by atoms with Gasteiger partial charge in [-0.3, -0.25) is 9.78 Å². The highest BCUT2D eigenvalue weighted by Gasteiger charge is 2.05. The molecule has 0 fully saturated rings. The molecule has 0 saturated carbocycles. The van der Waals surface area contributed by atoms with E-state index in [2.05, 4.69) is 4.98 Å². The van der Waals surface area contributed by atoms with Gasteiger partial charge in [0.15, 0.2) is 5.78 Å². The van der Waals surface area contributed by atoms with Crippen LogP contribution in [0, 0.1) is 6.92 Å². The molecule has 0 aliphatic heterocycles. The van der Waals surface area contributed by atoms with Gasteiger partial charge in [0.1, 0.15) is 0 Å². The molecule has 0 radical (unpaired) electrons. The number of benzene rings is 1. The number of nitrogens with zero attached hydrogens (tertiary/aromatic N) is 1. The maximum Gasteiger partial charge on any atom is 0.160 e. The van der Waals surface area contributed by atoms with Gasteiger partial charge in [0, 0.05) is 23.3 Å². The van der Waals surface area contributed by atoms with Crippen LogP contribution in [0.3, 0.4) is 0 Å². The summed E-state index contributed by atoms with van der Waals surface area (Å²) in [6.07, 6.45) is 3.50. The summed E-state index contributed by atoms with van der Waals surface area (Å²) >= 11 is 0. The average Bonchev–Trinajstić information content (AvgIpc) is 2.16. The molecule has 0 N–H and O–H groups in total. The van der Waals surface area contributed by atoms with Crippen LogP contribution in [0.4, 0.5) is 0 Å². The van der Waals surface area contributed by atoms with Gasteiger partial charge in [0.25, 0.3) is 0 Å². The number of carbonyl (C=O) groups excluding carboxylic acids is 1. The van der Waals surface area contributed by atoms with Crippen LogP contribution >= 0.6 is 0 Å². The monoisotopic (exact) mass is 185 g/mol. The lowest BCUT2D eigenvalue weighted by Crippen LogP contribution is -1.94. The number of fused-ring (bicyclic) bond motifs is 1. The van der Waals surface area contributed by atoms with Gasteiger partial charge in [-0.15, -0.1) is 0 Å². The maximum absolute atomic E-state index is 11.4. The van der Waals surface area contributed by atoms with Crippen LogP contribution in [0.5, 0.6) is 0 Å². The van der Waals surface area contributed by atoms with Crippen LogP contribution in [0.2, 0.25) is 0 Å². The van der Waals surface area contributed by atoms with Gasteiger partial charge in [-0.2, -0.15) is 0 Å². The average molecular weight is 185 g/mol. The van der Waals surface area contributed by atoms with Gasteiger partial charge >= 0.3 is 0 Å². The Hall–Kier alpha value is -1.70. The zero-order valence-corrected chi connectivity index (χ0v) is 8.24. The second-order valence-electron chi connectivity index (χ2n) is 3.47. The summed E-state index contributed by atoms with van der Waals surface area (Å²) in [6, 6.07) is 5.84. The molecule has 0 aliphatic carbocycles. The van der Waals surface area contributed by atoms with Crippen molar-refractivity contribution in [1.82, 2.24) is 4.98 Å². The summed E-state index contributed by atoms with van der Waals surface area (Å²) < 4.78 is 0. The molecule has 2 nitrogen and oxygen atoms in total. The minimum Gasteiger partial charge on any atom is -0.294 e. The van der Waals surface area contributed by atoms with E-state index in [1.165, 1.54) is 0 Å². The zero-order chi connectivity index (χ0) is 10.1. The molecule has 0 unspecified atom stereocenters. The normalized spacial score (nSPS) is 10.4. The Labute approximate surface area is 82.6 Å². The number of aryl methyl sites for hydroxylation is 1. The second-order valence-corrected chi connectivity index (χ2v) is 3.47. The minimum atomic E-state index is 0.102. The molecule has 0 bridgehead atoms. The van der Waals surface area contributed by atoms with Crippen molar-refractivity contribution in [1.29, 1.82) is 0 Å². The second kappa shape index (κ2) is 3.22. The van der Waals surface area contributed by atoms with Crippen LogP contribution < -0.4 is 0 Å². The lowest BCUT2D eigenvalue weighted by atomic mass is 10.0. The van der Waals surface area contributed by atoms with Crippen LogP contribution in [0.25, 0.3) is 10.8 Å². The van der Waals surface area contributed by atoms with E-state index in [0.29, 0.717) is 0 Å². The van der Waals surface area contributed by atoms with Gasteiger partial charge in [0.05, 0.1) is 0 Å². The third kappa shape index (κ3) is 1.39. The number of carbonyl (C=O) groups is 1. The number of aromatic nitrogens is 1. The summed E-state index contributed by atoms with van der Waals surface area (Å²) in [5.41, 5.74) is 1.87. The first-order chi connectivity index (χ1) is 6.68. The topological polar surface area (TPSA) is 30.0 Å². The smallest absolute Gasteiger partial charge is 0.160 e. The van der Waals surface area contributed by atoms with Crippen molar-refractivity contribution in [2.24, 2.45) is 0 Å². The molecule has 14 heavy (non-hydrogen) atoms. The standard InChI is InChI=1S/C12H11NO/c1-8-5-10-7-13-4-3-11(10)12(6-8)9(2)14/h3-7H,1-2H3. The summed E-state index contributed by atoms with van der Waals surface area (Å²) in [7, 11) is 0. The van der Waals surface area contributed by atoms with Gasteiger partial charge in [-0.05, 0) is 43.0 Å². The number of hydrogen-bond donors (Lipinski definition) is 0. The molecule has 0 spiro atoms. The third-order valence-corrected chi connectivity index (χ3v) is 2.28. The van der Waals surface area contributed by atoms with E-state index >= 15 is 0 Å². The highest BCUT2D eigenvalue weighted by atomic mass is 16.1. The fraction of sp³-hybridized carbons (Fsp3) is 0.167. The summed E-state index contributed by atoms with van der Waals surface area (Å²) in [5.74, 6) is 0.102. The van der Waals surface area contributed by atoms with Crippen molar-refractivity contribution in [2.45, 2.75) is 13.8 Å². The van der Waals surface area contributed by atoms with Crippen molar-refractivity contribution < 1.29 is 4.79 Å². The van der Waals surface area contributed by atoms with E-state index in [0.717, 1.165) is 21.9 Å². The fourth-order valence-corrected chi connectivity index (χ4v) is 1.65. The lowest BCUT2D eigenvalue weighted by molar-refractivity contribution is 0.101. The highest BCUT2D eigenvalue weighted by Crippen LogP contribution is 2.20. The summed E-state index contributed by atoms with van der Waals surface area (Å²) in [4.78, 5) is 15.4. The Kier molecular flexibility index (Phi) is 2.04. The Morgan fingerprint density at radius 3 is 2.86 bits per heavy atom. The molecule has 1 heterocycles. The molecule has 0 aliphatic rings. The van der Waals surface area contributed by atoms with Gasteiger partial charge in [-0.25, -0.2) is 0 Å². The van der Waals surface area contributed by atoms with E-state index in [1.54, 1.807) is 19.3 Å². The van der Waals surface area contributed by atoms with Crippen LogP contribution in [-0.2, 0) is 0 Å². The maximum atomic E-state index is 11.4. The quantitative estimate of drug-likeness (QED) is 0.639. The Morgan fingerprint density at radius 1 is 1.36 bits per heavy atom. The largest absolute Gasteiger partial charge is 0.294 e. The molecular weight excluding hydrogens is 174 g/mol. The molecule has 1 aromatic carbocycles. The lowest BCUT2D eigenvalue weighted by Gasteiger charge is -2.04. The van der Waals surface area contributed by atoms with E-state index in [-0.39, 0.29) is 5.78 Å². The first-order valence-corrected chi connectivity index (χ1v) is 4.54. The molecular formula is C12H11NO. The highest BCUT2D eigenvalue weighted by molar-refractivity contribution is 6.07. The van der Waals surface area contributed by atoms with Crippen molar-refractivity contribution in [3.05, 3.63) is 41.7 Å². The zero-order valence-electron chi connectivity index (χ0n) is 8.24. The first-order valence-electron chi connectivity index (χ1n) is 4.54. The van der Waals surface area contributed by atoms with E-state index in [4.69, 9.17) is 0 Å². The Balaban J connectivity index is 2.87. The van der Waals surface area contributed by atoms with Crippen molar-refractivity contribution in [2.75, 3.05) is 0 Å². The first kappa shape index (κ1) is 8.88. The minimum absolute atomic E-state index is 0.102. The molecule has 70 valence electrons. The number of rotatable bonds is 1. The SMILES string of the molecule is CC(=O)c1cc(C)cc2cnccc12. The van der Waals surface area contributed by atoms with Crippen molar-refractivity contribution >= 4 is 16.6 Å². The Morgan fingerprint density at radius 2 is 2.14 bits per heavy atom. The van der Waals surface area contributed by atoms with Crippen LogP contribution in [0.1, 0.15) is 22.8 Å². The molecule has 2 aromatic rings. The molecule has 1 aromatic heterocycles. The predicted molar refractivity (Wildman–Crippen MR) is 56.5 cm³/mol. The molecule has 0 atom stereocenters. The fourth-order valence-electron chi connectivity index (χ4n) is 1.65. The summed E-state index contributed by atoms with van der Waals surface area (Å²) in [6.45, 7) is 3.58. The van der Waals surface area contributed by atoms with E-state index < -0.39 is 0 Å². The number of ketones is 1. The van der Waals surface area contributed by atoms with E-state index in [9.17, 15) is 4.79 Å². The number of Topliss-reactive ketones (excluding diaryl/α,β-unsaturated/α-hetero) is 1. The van der Waals surface area contributed by atoms with E-state index in [1.807, 2.05) is 25.1 Å². The molecule has 0 saturated heterocycles. The van der Waals surface area contributed by atoms with Crippen molar-refractivity contribution in [3.63, 3.8) is 0 Å². The van der Waals surface area contributed by atoms with Gasteiger partial charge in [-0.1, -0.05) is 0 Å².